The van der Waals surface area contributed by atoms with Gasteiger partial charge in [0, 0.05) is 37.7 Å². The van der Waals surface area contributed by atoms with Crippen molar-refractivity contribution in [1.29, 1.82) is 5.26 Å². The number of carbonyl (C=O) groups excluding carboxylic acids is 2. The highest BCUT2D eigenvalue weighted by Gasteiger charge is 2.35. The van der Waals surface area contributed by atoms with Gasteiger partial charge >= 0.3 is 0 Å². The van der Waals surface area contributed by atoms with Crippen LogP contribution < -0.4 is 10.6 Å². The standard InChI is InChI=1S/C21H21N7O2/c22-12-14-2-1-3-16(10-14)18-4-7-26-28(18)21(30)15-5-8-27(9-6-15)19-11-17(20(23)29)24-13-25-19/h1-3,7,10-11,13,15,18H,4-6,8-9H2,(H2,23,29). The van der Waals surface area contributed by atoms with Gasteiger partial charge in [0.2, 0.25) is 5.91 Å². The first-order valence-electron chi connectivity index (χ1n) is 9.79. The Morgan fingerprint density at radius 3 is 2.70 bits per heavy atom. The molecule has 4 rings (SSSR count). The third-order valence-electron chi connectivity index (χ3n) is 5.53. The normalized spacial score (nSPS) is 19.0. The molecular formula is C21H21N7O2. The molecule has 0 bridgehead atoms. The maximum atomic E-state index is 13.2. The number of anilines is 1. The molecule has 1 aromatic carbocycles. The molecule has 3 heterocycles. The zero-order chi connectivity index (χ0) is 21.1. The number of hydrazone groups is 1. The Labute approximate surface area is 173 Å². The number of hydrogen-bond acceptors (Lipinski definition) is 7. The van der Waals surface area contributed by atoms with Gasteiger partial charge < -0.3 is 10.6 Å². The molecule has 0 saturated carbocycles. The number of carbonyl (C=O) groups is 2. The van der Waals surface area contributed by atoms with Crippen LogP contribution in [0.3, 0.4) is 0 Å². The van der Waals surface area contributed by atoms with Gasteiger partial charge in [-0.25, -0.2) is 15.0 Å². The predicted octanol–water partition coefficient (Wildman–Crippen LogP) is 1.62. The number of primary amides is 1. The highest BCUT2D eigenvalue weighted by atomic mass is 16.2. The fourth-order valence-corrected chi connectivity index (χ4v) is 3.92. The van der Waals surface area contributed by atoms with Crippen LogP contribution in [0.25, 0.3) is 0 Å². The molecule has 0 aliphatic carbocycles. The molecule has 30 heavy (non-hydrogen) atoms. The molecule has 2 aliphatic rings. The van der Waals surface area contributed by atoms with Gasteiger partial charge in [0.05, 0.1) is 17.7 Å². The summed E-state index contributed by atoms with van der Waals surface area (Å²) in [4.78, 5) is 34.6. The minimum absolute atomic E-state index is 0.00345. The zero-order valence-electron chi connectivity index (χ0n) is 16.3. The van der Waals surface area contributed by atoms with Gasteiger partial charge in [0.1, 0.15) is 17.8 Å². The van der Waals surface area contributed by atoms with E-state index in [1.807, 2.05) is 23.1 Å². The van der Waals surface area contributed by atoms with Crippen molar-refractivity contribution in [2.24, 2.45) is 16.8 Å². The number of aromatic nitrogens is 2. The Morgan fingerprint density at radius 1 is 1.17 bits per heavy atom. The first-order chi connectivity index (χ1) is 14.6. The molecule has 0 spiro atoms. The first-order valence-corrected chi connectivity index (χ1v) is 9.79. The fraction of sp³-hybridized carbons (Fsp3) is 0.333. The van der Waals surface area contributed by atoms with E-state index >= 15 is 0 Å². The third-order valence-corrected chi connectivity index (χ3v) is 5.53. The van der Waals surface area contributed by atoms with Crippen LogP contribution in [0.4, 0.5) is 5.82 Å². The van der Waals surface area contributed by atoms with Crippen molar-refractivity contribution in [3.63, 3.8) is 0 Å². The second-order valence-corrected chi connectivity index (χ2v) is 7.36. The molecule has 9 heteroatoms. The summed E-state index contributed by atoms with van der Waals surface area (Å²) in [5.74, 6) is -0.107. The molecule has 1 unspecified atom stereocenters. The van der Waals surface area contributed by atoms with Gasteiger partial charge in [0.25, 0.3) is 5.91 Å². The van der Waals surface area contributed by atoms with Crippen LogP contribution in [0.1, 0.15) is 46.9 Å². The number of amides is 2. The van der Waals surface area contributed by atoms with Crippen molar-refractivity contribution >= 4 is 23.8 Å². The average Bonchev–Trinajstić information content (AvgIpc) is 3.29. The number of nitrogens with zero attached hydrogens (tertiary/aromatic N) is 6. The lowest BCUT2D eigenvalue weighted by molar-refractivity contribution is -0.138. The summed E-state index contributed by atoms with van der Waals surface area (Å²) in [6.45, 7) is 1.27. The van der Waals surface area contributed by atoms with Crippen LogP contribution in [0.15, 0.2) is 41.8 Å². The maximum absolute atomic E-state index is 13.2. The molecule has 2 aromatic rings. The summed E-state index contributed by atoms with van der Waals surface area (Å²) >= 11 is 0. The van der Waals surface area contributed by atoms with Crippen molar-refractivity contribution in [3.05, 3.63) is 53.5 Å². The summed E-state index contributed by atoms with van der Waals surface area (Å²) in [7, 11) is 0. The largest absolute Gasteiger partial charge is 0.364 e. The second kappa shape index (κ2) is 8.29. The van der Waals surface area contributed by atoms with Crippen molar-refractivity contribution in [2.45, 2.75) is 25.3 Å². The maximum Gasteiger partial charge on any atom is 0.267 e. The number of hydrogen-bond donors (Lipinski definition) is 1. The van der Waals surface area contributed by atoms with Crippen molar-refractivity contribution in [3.8, 4) is 6.07 Å². The summed E-state index contributed by atoms with van der Waals surface area (Å²) < 4.78 is 0. The molecule has 152 valence electrons. The van der Waals surface area contributed by atoms with E-state index in [2.05, 4.69) is 21.1 Å². The highest BCUT2D eigenvalue weighted by Crippen LogP contribution is 2.32. The predicted molar refractivity (Wildman–Crippen MR) is 109 cm³/mol. The van der Waals surface area contributed by atoms with Crippen LogP contribution in [0.5, 0.6) is 0 Å². The van der Waals surface area contributed by atoms with Crippen molar-refractivity contribution in [2.75, 3.05) is 18.0 Å². The Hall–Kier alpha value is -3.80. The second-order valence-electron chi connectivity index (χ2n) is 7.36. The van der Waals surface area contributed by atoms with E-state index in [9.17, 15) is 9.59 Å². The van der Waals surface area contributed by atoms with Gasteiger partial charge in [-0.15, -0.1) is 0 Å². The number of nitrogens with two attached hydrogens (primary N) is 1. The van der Waals surface area contributed by atoms with Crippen LogP contribution in [-0.2, 0) is 4.79 Å². The fourth-order valence-electron chi connectivity index (χ4n) is 3.92. The Kier molecular flexibility index (Phi) is 5.39. The van der Waals surface area contributed by atoms with Gasteiger partial charge in [0.15, 0.2) is 0 Å². The Morgan fingerprint density at radius 2 is 1.97 bits per heavy atom. The first kappa shape index (κ1) is 19.5. The van der Waals surface area contributed by atoms with Crippen LogP contribution >= 0.6 is 0 Å². The molecular weight excluding hydrogens is 382 g/mol. The van der Waals surface area contributed by atoms with E-state index in [-0.39, 0.29) is 23.6 Å². The average molecular weight is 403 g/mol. The van der Waals surface area contributed by atoms with E-state index < -0.39 is 5.91 Å². The Balaban J connectivity index is 1.42. The van der Waals surface area contributed by atoms with Crippen molar-refractivity contribution in [1.82, 2.24) is 15.0 Å². The van der Waals surface area contributed by atoms with E-state index in [1.54, 1.807) is 23.4 Å². The lowest BCUT2D eigenvalue weighted by atomic mass is 9.94. The lowest BCUT2D eigenvalue weighted by Crippen LogP contribution is -2.41. The van der Waals surface area contributed by atoms with Gasteiger partial charge in [-0.05, 0) is 30.5 Å². The smallest absolute Gasteiger partial charge is 0.267 e. The molecule has 2 aliphatic heterocycles. The number of benzene rings is 1. The Bertz CT molecular complexity index is 1040. The van der Waals surface area contributed by atoms with E-state index in [0.29, 0.717) is 43.7 Å². The molecule has 1 atom stereocenters. The molecule has 1 fully saturated rings. The zero-order valence-corrected chi connectivity index (χ0v) is 16.3. The van der Waals surface area contributed by atoms with Crippen molar-refractivity contribution < 1.29 is 9.59 Å². The van der Waals surface area contributed by atoms with Crippen LogP contribution in [-0.4, -0.2) is 46.1 Å². The quantitative estimate of drug-likeness (QED) is 0.826. The van der Waals surface area contributed by atoms with Crippen LogP contribution in [0, 0.1) is 17.2 Å². The number of nitriles is 1. The van der Waals surface area contributed by atoms with Gasteiger partial charge in [-0.2, -0.15) is 10.4 Å². The lowest BCUT2D eigenvalue weighted by Gasteiger charge is -2.34. The van der Waals surface area contributed by atoms with Gasteiger partial charge in [-0.3, -0.25) is 9.59 Å². The summed E-state index contributed by atoms with van der Waals surface area (Å²) in [6, 6.07) is 10.9. The molecule has 9 nitrogen and oxygen atoms in total. The molecule has 0 radical (unpaired) electrons. The summed E-state index contributed by atoms with van der Waals surface area (Å²) in [6.07, 6.45) is 5.03. The topological polar surface area (TPSA) is 129 Å². The van der Waals surface area contributed by atoms with E-state index in [4.69, 9.17) is 11.0 Å². The monoisotopic (exact) mass is 403 g/mol. The van der Waals surface area contributed by atoms with E-state index in [0.717, 1.165) is 5.56 Å². The molecule has 2 amide bonds. The minimum Gasteiger partial charge on any atom is -0.364 e. The molecule has 1 aromatic heterocycles. The summed E-state index contributed by atoms with van der Waals surface area (Å²) in [5, 5.41) is 15.0. The number of rotatable bonds is 4. The number of piperidine rings is 1. The molecule has 2 N–H and O–H groups in total. The van der Waals surface area contributed by atoms with Crippen LogP contribution in [0.2, 0.25) is 0 Å². The van der Waals surface area contributed by atoms with E-state index in [1.165, 1.54) is 6.33 Å². The SMILES string of the molecule is N#Cc1cccc(C2CC=NN2C(=O)C2CCN(c3cc(C(N)=O)ncn3)CC2)c1. The third kappa shape index (κ3) is 3.85. The van der Waals surface area contributed by atoms with Gasteiger partial charge in [-0.1, -0.05) is 12.1 Å². The minimum atomic E-state index is -0.595. The summed E-state index contributed by atoms with van der Waals surface area (Å²) in [5.41, 5.74) is 6.95. The highest BCUT2D eigenvalue weighted by molar-refractivity contribution is 5.91. The molecule has 1 saturated heterocycles.